The Hall–Kier alpha value is -0.970. The van der Waals surface area contributed by atoms with Gasteiger partial charge in [-0.25, -0.2) is 0 Å². The van der Waals surface area contributed by atoms with Crippen molar-refractivity contribution in [3.05, 3.63) is 24.3 Å². The SMILES string of the molecule is O=C1C[C@@H](O)[C@H](C=CCC2(O)CC3C=CCC32)[C@H]1CCCCCCCO. The largest absolute Gasteiger partial charge is 0.396 e. The predicted molar refractivity (Wildman–Crippen MR) is 101 cm³/mol. The van der Waals surface area contributed by atoms with Crippen molar-refractivity contribution in [2.75, 3.05) is 6.61 Å². The second-order valence-corrected chi connectivity index (χ2v) is 8.58. The molecule has 0 saturated heterocycles. The fourth-order valence-electron chi connectivity index (χ4n) is 5.20. The Morgan fingerprint density at radius 2 is 1.96 bits per heavy atom. The molecule has 26 heavy (non-hydrogen) atoms. The number of aliphatic hydroxyl groups is 3. The van der Waals surface area contributed by atoms with Gasteiger partial charge in [0.05, 0.1) is 11.7 Å². The highest BCUT2D eigenvalue weighted by molar-refractivity contribution is 5.84. The number of carbonyl (C=O) groups is 1. The lowest BCUT2D eigenvalue weighted by Crippen LogP contribution is -2.51. The van der Waals surface area contributed by atoms with E-state index in [2.05, 4.69) is 12.2 Å². The van der Waals surface area contributed by atoms with Crippen molar-refractivity contribution in [1.82, 2.24) is 0 Å². The van der Waals surface area contributed by atoms with Crippen LogP contribution in [0.25, 0.3) is 0 Å². The molecule has 3 N–H and O–H groups in total. The third-order valence-corrected chi connectivity index (χ3v) is 6.81. The molecule has 0 aliphatic heterocycles. The van der Waals surface area contributed by atoms with Crippen LogP contribution in [0.5, 0.6) is 0 Å². The second kappa shape index (κ2) is 8.81. The maximum absolute atomic E-state index is 12.3. The highest BCUT2D eigenvalue weighted by Gasteiger charge is 2.51. The summed E-state index contributed by atoms with van der Waals surface area (Å²) in [5.74, 6) is 0.921. The van der Waals surface area contributed by atoms with Gasteiger partial charge in [-0.05, 0) is 43.9 Å². The molecule has 146 valence electrons. The van der Waals surface area contributed by atoms with Crippen molar-refractivity contribution < 1.29 is 20.1 Å². The number of ketones is 1. The summed E-state index contributed by atoms with van der Waals surface area (Å²) in [5, 5.41) is 29.8. The Bertz CT molecular complexity index is 540. The summed E-state index contributed by atoms with van der Waals surface area (Å²) in [5.41, 5.74) is -0.597. The van der Waals surface area contributed by atoms with Crippen molar-refractivity contribution in [3.8, 4) is 0 Å². The predicted octanol–water partition coefficient (Wildman–Crippen LogP) is 3.16. The maximum atomic E-state index is 12.3. The summed E-state index contributed by atoms with van der Waals surface area (Å²) in [4.78, 5) is 12.3. The highest BCUT2D eigenvalue weighted by atomic mass is 16.3. The lowest BCUT2D eigenvalue weighted by molar-refractivity contribution is -0.121. The van der Waals surface area contributed by atoms with E-state index < -0.39 is 11.7 Å². The van der Waals surface area contributed by atoms with E-state index in [1.807, 2.05) is 12.2 Å². The first-order valence-corrected chi connectivity index (χ1v) is 10.4. The van der Waals surface area contributed by atoms with Gasteiger partial charge in [-0.1, -0.05) is 50.0 Å². The number of hydrogen-bond donors (Lipinski definition) is 3. The van der Waals surface area contributed by atoms with E-state index >= 15 is 0 Å². The van der Waals surface area contributed by atoms with Crippen molar-refractivity contribution in [2.45, 2.75) is 75.9 Å². The fraction of sp³-hybridized carbons (Fsp3) is 0.773. The van der Waals surface area contributed by atoms with Crippen LogP contribution in [0.2, 0.25) is 0 Å². The minimum absolute atomic E-state index is 0.0731. The minimum atomic E-state index is -0.597. The van der Waals surface area contributed by atoms with Gasteiger partial charge in [-0.3, -0.25) is 4.79 Å². The molecule has 3 rings (SSSR count). The monoisotopic (exact) mass is 362 g/mol. The smallest absolute Gasteiger partial charge is 0.139 e. The van der Waals surface area contributed by atoms with Gasteiger partial charge in [0.15, 0.2) is 0 Å². The molecule has 0 radical (unpaired) electrons. The quantitative estimate of drug-likeness (QED) is 0.412. The first-order valence-electron chi connectivity index (χ1n) is 10.4. The first-order chi connectivity index (χ1) is 12.5. The molecule has 3 aliphatic carbocycles. The van der Waals surface area contributed by atoms with Gasteiger partial charge in [0.1, 0.15) is 5.78 Å². The van der Waals surface area contributed by atoms with Crippen LogP contribution in [-0.4, -0.2) is 39.4 Å². The summed E-state index contributed by atoms with van der Waals surface area (Å²) < 4.78 is 0. The molecule has 2 fully saturated rings. The van der Waals surface area contributed by atoms with E-state index in [4.69, 9.17) is 5.11 Å². The molecule has 0 aromatic heterocycles. The Labute approximate surface area is 157 Å². The molecule has 4 heteroatoms. The molecular weight excluding hydrogens is 328 g/mol. The first kappa shape index (κ1) is 19.8. The van der Waals surface area contributed by atoms with Crippen LogP contribution in [0.4, 0.5) is 0 Å². The molecule has 0 amide bonds. The van der Waals surface area contributed by atoms with E-state index in [1.165, 1.54) is 0 Å². The van der Waals surface area contributed by atoms with Crippen molar-refractivity contribution in [3.63, 3.8) is 0 Å². The van der Waals surface area contributed by atoms with Crippen LogP contribution in [0.1, 0.15) is 64.2 Å². The summed E-state index contributed by atoms with van der Waals surface area (Å²) >= 11 is 0. The van der Waals surface area contributed by atoms with Gasteiger partial charge in [0.25, 0.3) is 0 Å². The molecule has 0 bridgehead atoms. The van der Waals surface area contributed by atoms with Gasteiger partial charge < -0.3 is 15.3 Å². The third kappa shape index (κ3) is 4.29. The molecule has 3 unspecified atom stereocenters. The van der Waals surface area contributed by atoms with E-state index in [1.54, 1.807) is 0 Å². The zero-order chi connectivity index (χ0) is 18.6. The van der Waals surface area contributed by atoms with E-state index in [0.29, 0.717) is 18.3 Å². The van der Waals surface area contributed by atoms with Gasteiger partial charge in [-0.2, -0.15) is 0 Å². The average molecular weight is 363 g/mol. The van der Waals surface area contributed by atoms with Crippen LogP contribution in [0.3, 0.4) is 0 Å². The Morgan fingerprint density at radius 1 is 1.19 bits per heavy atom. The Morgan fingerprint density at radius 3 is 2.73 bits per heavy atom. The lowest BCUT2D eigenvalue weighted by Gasteiger charge is -2.48. The van der Waals surface area contributed by atoms with Crippen LogP contribution >= 0.6 is 0 Å². The Kier molecular flexibility index (Phi) is 6.70. The number of carbonyl (C=O) groups excluding carboxylic acids is 1. The van der Waals surface area contributed by atoms with Gasteiger partial charge >= 0.3 is 0 Å². The van der Waals surface area contributed by atoms with Crippen molar-refractivity contribution in [2.24, 2.45) is 23.7 Å². The molecule has 4 nitrogen and oxygen atoms in total. The molecule has 0 aromatic carbocycles. The maximum Gasteiger partial charge on any atom is 0.139 e. The zero-order valence-corrected chi connectivity index (χ0v) is 15.7. The molecule has 0 heterocycles. The number of allylic oxidation sites excluding steroid dienone is 2. The van der Waals surface area contributed by atoms with E-state index in [0.717, 1.165) is 51.4 Å². The molecule has 0 aromatic rings. The van der Waals surface area contributed by atoms with Gasteiger partial charge in [0, 0.05) is 24.9 Å². The summed E-state index contributed by atoms with van der Waals surface area (Å²) in [6, 6.07) is 0. The standard InChI is InChI=1S/C22H34O4/c23-13-5-3-1-2-4-9-17-18(21(25)14-20(17)24)10-7-12-22(26)15-16-8-6-11-19(16)22/h6-8,10,16-19,21,23,25-26H,1-5,9,11-15H2/t16?,17-,18-,19?,21-,22?/m1/s1. The average Bonchev–Trinajstić information content (AvgIpc) is 3.12. The molecular formula is C22H34O4. The summed E-state index contributed by atoms with van der Waals surface area (Å²) in [6.07, 6.45) is 16.4. The Balaban J connectivity index is 1.46. The van der Waals surface area contributed by atoms with Crippen LogP contribution in [-0.2, 0) is 4.79 Å². The number of aliphatic hydroxyl groups excluding tert-OH is 2. The molecule has 6 atom stereocenters. The number of rotatable bonds is 10. The third-order valence-electron chi connectivity index (χ3n) is 6.81. The van der Waals surface area contributed by atoms with Crippen molar-refractivity contribution >= 4 is 5.78 Å². The van der Waals surface area contributed by atoms with E-state index in [-0.39, 0.29) is 30.6 Å². The lowest BCUT2D eigenvalue weighted by atomic mass is 9.61. The topological polar surface area (TPSA) is 77.8 Å². The molecule has 2 saturated carbocycles. The highest BCUT2D eigenvalue weighted by Crippen LogP contribution is 2.52. The van der Waals surface area contributed by atoms with Gasteiger partial charge in [-0.15, -0.1) is 0 Å². The number of Topliss-reactive ketones (excluding diaryl/α,β-unsaturated/α-hetero) is 1. The van der Waals surface area contributed by atoms with Gasteiger partial charge in [0.2, 0.25) is 0 Å². The molecule has 3 aliphatic rings. The van der Waals surface area contributed by atoms with Crippen molar-refractivity contribution in [1.29, 1.82) is 0 Å². The van der Waals surface area contributed by atoms with E-state index in [9.17, 15) is 15.0 Å². The normalized spacial score (nSPS) is 38.9. The summed E-state index contributed by atoms with van der Waals surface area (Å²) in [6.45, 7) is 0.254. The van der Waals surface area contributed by atoms with Crippen LogP contribution in [0, 0.1) is 23.7 Å². The number of unbranched alkanes of at least 4 members (excludes halogenated alkanes) is 4. The second-order valence-electron chi connectivity index (χ2n) is 8.58. The molecule has 0 spiro atoms. The number of fused-ring (bicyclic) bond motifs is 1. The van der Waals surface area contributed by atoms with Crippen LogP contribution in [0.15, 0.2) is 24.3 Å². The minimum Gasteiger partial charge on any atom is -0.396 e. The zero-order valence-electron chi connectivity index (χ0n) is 15.7. The van der Waals surface area contributed by atoms with Crippen LogP contribution < -0.4 is 0 Å². The summed E-state index contributed by atoms with van der Waals surface area (Å²) in [7, 11) is 0. The fourth-order valence-corrected chi connectivity index (χ4v) is 5.20. The number of hydrogen-bond acceptors (Lipinski definition) is 4.